The summed E-state index contributed by atoms with van der Waals surface area (Å²) in [5.74, 6) is -1.13. The maximum atomic E-state index is 12.1. The fourth-order valence-corrected chi connectivity index (χ4v) is 1.76. The van der Waals surface area contributed by atoms with Crippen LogP contribution in [0.15, 0.2) is 36.0 Å². The van der Waals surface area contributed by atoms with Gasteiger partial charge >= 0.3 is 0 Å². The maximum absolute atomic E-state index is 12.1. The second-order valence-electron chi connectivity index (χ2n) is 4.75. The van der Waals surface area contributed by atoms with Crippen molar-refractivity contribution in [1.82, 2.24) is 4.90 Å². The molecule has 0 saturated heterocycles. The van der Waals surface area contributed by atoms with Gasteiger partial charge in [0, 0.05) is 37.5 Å². The van der Waals surface area contributed by atoms with Crippen molar-refractivity contribution in [2.75, 3.05) is 18.4 Å². The standard InChI is InChI=1S/C16H18N4O3/c1-11(21)13-4-3-5-15(8-13)19-16(23)14(9-18)10-20(7-6-17)12(2)22/h3-5,8,10H,6-7,17H2,1-2H3,(H,19,23)/b14-10-. The predicted octanol–water partition coefficient (Wildman–Crippen LogP) is 1.04. The van der Waals surface area contributed by atoms with E-state index >= 15 is 0 Å². The van der Waals surface area contributed by atoms with Crippen molar-refractivity contribution in [3.05, 3.63) is 41.6 Å². The summed E-state index contributed by atoms with van der Waals surface area (Å²) < 4.78 is 0. The van der Waals surface area contributed by atoms with Gasteiger partial charge in [0.05, 0.1) is 0 Å². The van der Waals surface area contributed by atoms with Crippen molar-refractivity contribution in [2.45, 2.75) is 13.8 Å². The molecule has 1 rings (SSSR count). The van der Waals surface area contributed by atoms with Gasteiger partial charge in [-0.1, -0.05) is 12.1 Å². The van der Waals surface area contributed by atoms with Gasteiger partial charge in [-0.2, -0.15) is 5.26 Å². The highest BCUT2D eigenvalue weighted by Crippen LogP contribution is 2.12. The van der Waals surface area contributed by atoms with Gasteiger partial charge in [-0.25, -0.2) is 0 Å². The molecule has 23 heavy (non-hydrogen) atoms. The second kappa shape index (κ2) is 8.46. The molecule has 0 atom stereocenters. The number of hydrogen-bond donors (Lipinski definition) is 2. The van der Waals surface area contributed by atoms with Crippen molar-refractivity contribution >= 4 is 23.3 Å². The van der Waals surface area contributed by atoms with Gasteiger partial charge in [-0.3, -0.25) is 14.4 Å². The normalized spacial score (nSPS) is 10.6. The van der Waals surface area contributed by atoms with Crippen molar-refractivity contribution < 1.29 is 14.4 Å². The zero-order valence-corrected chi connectivity index (χ0v) is 13.0. The summed E-state index contributed by atoms with van der Waals surface area (Å²) in [6.07, 6.45) is 1.17. The van der Waals surface area contributed by atoms with Crippen LogP contribution in [0.2, 0.25) is 0 Å². The quantitative estimate of drug-likeness (QED) is 0.462. The summed E-state index contributed by atoms with van der Waals surface area (Å²) in [6.45, 7) is 3.14. The molecule has 0 unspecified atom stereocenters. The van der Waals surface area contributed by atoms with Crippen LogP contribution in [0.1, 0.15) is 24.2 Å². The molecule has 0 aromatic heterocycles. The van der Waals surface area contributed by atoms with Crippen molar-refractivity contribution in [1.29, 1.82) is 5.26 Å². The third-order valence-electron chi connectivity index (χ3n) is 2.95. The number of ketones is 1. The molecule has 0 fully saturated rings. The molecule has 7 nitrogen and oxygen atoms in total. The van der Waals surface area contributed by atoms with Crippen LogP contribution in [-0.2, 0) is 9.59 Å². The SMILES string of the molecule is CC(=O)c1cccc(NC(=O)/C(C#N)=C\N(CCN)C(C)=O)c1. The molecule has 0 spiro atoms. The molecule has 0 aliphatic carbocycles. The highest BCUT2D eigenvalue weighted by atomic mass is 16.2. The van der Waals surface area contributed by atoms with Crippen LogP contribution in [0, 0.1) is 11.3 Å². The Bertz CT molecular complexity index is 689. The minimum Gasteiger partial charge on any atom is -0.329 e. The zero-order chi connectivity index (χ0) is 17.4. The van der Waals surface area contributed by atoms with Gasteiger partial charge in [0.2, 0.25) is 5.91 Å². The van der Waals surface area contributed by atoms with E-state index in [2.05, 4.69) is 5.32 Å². The van der Waals surface area contributed by atoms with Gasteiger partial charge < -0.3 is 16.0 Å². The Hall–Kier alpha value is -2.98. The number of hydrogen-bond acceptors (Lipinski definition) is 5. The minimum absolute atomic E-state index is 0.136. The Kier molecular flexibility index (Phi) is 6.65. The van der Waals surface area contributed by atoms with Crippen molar-refractivity contribution in [3.63, 3.8) is 0 Å². The number of nitrogens with one attached hydrogen (secondary N) is 1. The molecule has 0 heterocycles. The van der Waals surface area contributed by atoms with Gasteiger partial charge in [0.15, 0.2) is 5.78 Å². The van der Waals surface area contributed by atoms with Gasteiger partial charge in [-0.15, -0.1) is 0 Å². The highest BCUT2D eigenvalue weighted by molar-refractivity contribution is 6.07. The number of benzene rings is 1. The first kappa shape index (κ1) is 18.1. The first-order valence-electron chi connectivity index (χ1n) is 6.90. The number of nitrogens with zero attached hydrogens (tertiary/aromatic N) is 2. The number of carbonyl (C=O) groups excluding carboxylic acids is 3. The van der Waals surface area contributed by atoms with E-state index in [1.807, 2.05) is 0 Å². The lowest BCUT2D eigenvalue weighted by Gasteiger charge is -2.15. The monoisotopic (exact) mass is 314 g/mol. The molecule has 0 bridgehead atoms. The Morgan fingerprint density at radius 1 is 1.35 bits per heavy atom. The first-order valence-corrected chi connectivity index (χ1v) is 6.90. The predicted molar refractivity (Wildman–Crippen MR) is 85.2 cm³/mol. The van der Waals surface area contributed by atoms with Crippen LogP contribution in [0.4, 0.5) is 5.69 Å². The average molecular weight is 314 g/mol. The van der Waals surface area contributed by atoms with Crippen molar-refractivity contribution in [2.24, 2.45) is 5.73 Å². The number of carbonyl (C=O) groups is 3. The lowest BCUT2D eigenvalue weighted by molar-refractivity contribution is -0.126. The lowest BCUT2D eigenvalue weighted by atomic mass is 10.1. The number of amides is 2. The fourth-order valence-electron chi connectivity index (χ4n) is 1.76. The number of nitriles is 1. The Morgan fingerprint density at radius 3 is 2.57 bits per heavy atom. The smallest absolute Gasteiger partial charge is 0.267 e. The van der Waals surface area contributed by atoms with Crippen LogP contribution < -0.4 is 11.1 Å². The Morgan fingerprint density at radius 2 is 2.04 bits per heavy atom. The zero-order valence-electron chi connectivity index (χ0n) is 13.0. The van der Waals surface area contributed by atoms with Gasteiger partial charge in [-0.05, 0) is 19.1 Å². The number of nitrogens with two attached hydrogens (primary N) is 1. The van der Waals surface area contributed by atoms with E-state index in [0.717, 1.165) is 0 Å². The molecular formula is C16H18N4O3. The van der Waals surface area contributed by atoms with E-state index < -0.39 is 5.91 Å². The summed E-state index contributed by atoms with van der Waals surface area (Å²) in [7, 11) is 0. The number of rotatable bonds is 6. The van der Waals surface area contributed by atoms with Gasteiger partial charge in [0.1, 0.15) is 11.6 Å². The van der Waals surface area contributed by atoms with E-state index in [0.29, 0.717) is 11.3 Å². The Labute approximate surface area is 134 Å². The maximum Gasteiger partial charge on any atom is 0.267 e. The molecule has 3 N–H and O–H groups in total. The molecule has 1 aromatic rings. The summed E-state index contributed by atoms with van der Waals surface area (Å²) >= 11 is 0. The molecule has 0 saturated carbocycles. The second-order valence-corrected chi connectivity index (χ2v) is 4.75. The van der Waals surface area contributed by atoms with E-state index in [4.69, 9.17) is 11.0 Å². The molecule has 0 aliphatic heterocycles. The van der Waals surface area contributed by atoms with Crippen LogP contribution in [-0.4, -0.2) is 35.6 Å². The summed E-state index contributed by atoms with van der Waals surface area (Å²) in [4.78, 5) is 36.1. The molecule has 0 aliphatic rings. The third kappa shape index (κ3) is 5.37. The minimum atomic E-state index is -0.670. The van der Waals surface area contributed by atoms with E-state index in [9.17, 15) is 14.4 Å². The largest absolute Gasteiger partial charge is 0.329 e. The van der Waals surface area contributed by atoms with E-state index in [1.54, 1.807) is 24.3 Å². The molecule has 0 radical (unpaired) electrons. The van der Waals surface area contributed by atoms with Gasteiger partial charge in [0.25, 0.3) is 5.91 Å². The summed E-state index contributed by atoms with van der Waals surface area (Å²) in [5.41, 5.74) is 5.99. The molecule has 7 heteroatoms. The van der Waals surface area contributed by atoms with E-state index in [-0.39, 0.29) is 30.4 Å². The van der Waals surface area contributed by atoms with Crippen molar-refractivity contribution in [3.8, 4) is 6.07 Å². The first-order chi connectivity index (χ1) is 10.9. The average Bonchev–Trinajstić information content (AvgIpc) is 2.51. The summed E-state index contributed by atoms with van der Waals surface area (Å²) in [5, 5.41) is 11.6. The molecule has 120 valence electrons. The molecule has 1 aromatic carbocycles. The third-order valence-corrected chi connectivity index (χ3v) is 2.95. The van der Waals surface area contributed by atoms with Crippen LogP contribution in [0.25, 0.3) is 0 Å². The molecular weight excluding hydrogens is 296 g/mol. The van der Waals surface area contributed by atoms with Crippen LogP contribution in [0.3, 0.4) is 0 Å². The number of anilines is 1. The number of Topliss-reactive ketones (excluding diaryl/α,β-unsaturated/α-hetero) is 1. The van der Waals surface area contributed by atoms with Crippen LogP contribution >= 0.6 is 0 Å². The fraction of sp³-hybridized carbons (Fsp3) is 0.250. The van der Waals surface area contributed by atoms with Crippen LogP contribution in [0.5, 0.6) is 0 Å². The van der Waals surface area contributed by atoms with E-state index in [1.165, 1.54) is 31.0 Å². The summed E-state index contributed by atoms with van der Waals surface area (Å²) in [6, 6.07) is 8.11. The Balaban J connectivity index is 2.97. The lowest BCUT2D eigenvalue weighted by Crippen LogP contribution is -2.30. The molecule has 2 amide bonds. The highest BCUT2D eigenvalue weighted by Gasteiger charge is 2.14. The topological polar surface area (TPSA) is 116 Å².